The lowest BCUT2D eigenvalue weighted by Gasteiger charge is -2.03. The van der Waals surface area contributed by atoms with Gasteiger partial charge in [-0.15, -0.1) is 0 Å². The first-order valence-electron chi connectivity index (χ1n) is 16.0. The minimum atomic E-state index is -1.11. The average Bonchev–Trinajstić information content (AvgIpc) is 3.13. The fourth-order valence-corrected chi connectivity index (χ4v) is 3.70. The molecule has 0 aliphatic heterocycles. The molecule has 4 aromatic carbocycles. The minimum Gasteiger partial charge on any atom is -0.481 e. The zero-order chi connectivity index (χ0) is 38.3. The van der Waals surface area contributed by atoms with Crippen molar-refractivity contribution in [3.63, 3.8) is 0 Å². The lowest BCUT2D eigenvalue weighted by molar-refractivity contribution is -0.140. The van der Waals surface area contributed by atoms with E-state index in [4.69, 9.17) is 5.11 Å². The van der Waals surface area contributed by atoms with Crippen molar-refractivity contribution in [1.29, 1.82) is 0 Å². The molecular weight excluding hydrogens is 632 g/mol. The van der Waals surface area contributed by atoms with Crippen LogP contribution in [0.5, 0.6) is 0 Å². The van der Waals surface area contributed by atoms with Crippen molar-refractivity contribution < 1.29 is 29.0 Å². The standard InChI is InChI=1S/2C15H16.2C4H7NO3.2CH5N/c2*1-12-3-7-14(8-4-12)11-15-9-5-13(2)6-10-15;1-5-4(7)2-8-3-6;1-5-3(6)2-4(7)8;2*1-2/h2*3-10H,11H2,1-2H3;3H,2H2,1H3,(H,5,7);2H2,1H3,(H,5,6)(H,7,8);2*2H2,1H3. The number of aliphatic carboxylic acids is 1. The Labute approximate surface area is 298 Å². The molecule has 0 atom stereocenters. The van der Waals surface area contributed by atoms with Gasteiger partial charge in [0, 0.05) is 14.1 Å². The van der Waals surface area contributed by atoms with E-state index in [1.165, 1.54) is 72.7 Å². The Morgan fingerprint density at radius 2 is 0.820 bits per heavy atom. The normalized spacial score (nSPS) is 8.92. The van der Waals surface area contributed by atoms with Crippen LogP contribution in [0.25, 0.3) is 0 Å². The number of nitrogens with two attached hydrogens (primary N) is 2. The quantitative estimate of drug-likeness (QED) is 0.120. The predicted octanol–water partition coefficient (Wildman–Crippen LogP) is 5.05. The molecule has 0 saturated heterocycles. The highest BCUT2D eigenvalue weighted by atomic mass is 16.5. The third-order valence-corrected chi connectivity index (χ3v) is 6.45. The zero-order valence-corrected chi connectivity index (χ0v) is 30.8. The SMILES string of the molecule is CN.CN.CNC(=O)CC(=O)O.CNC(=O)COC=O.Cc1ccc(Cc2ccc(C)cc2)cc1.Cc1ccc(Cc2ccc(C)cc2)cc1. The molecule has 272 valence electrons. The van der Waals surface area contributed by atoms with Crippen LogP contribution in [0.2, 0.25) is 0 Å². The molecule has 0 aliphatic rings. The average molecular weight is 689 g/mol. The van der Waals surface area contributed by atoms with Crippen molar-refractivity contribution in [2.24, 2.45) is 11.5 Å². The van der Waals surface area contributed by atoms with Gasteiger partial charge in [-0.25, -0.2) is 0 Å². The molecule has 10 nitrogen and oxygen atoms in total. The summed E-state index contributed by atoms with van der Waals surface area (Å²) in [5.41, 5.74) is 19.8. The second-order valence-corrected chi connectivity index (χ2v) is 10.6. The van der Waals surface area contributed by atoms with Crippen LogP contribution in [-0.4, -0.2) is 64.2 Å². The van der Waals surface area contributed by atoms with Gasteiger partial charge in [-0.3, -0.25) is 19.2 Å². The maximum atomic E-state index is 10.2. The molecule has 0 bridgehead atoms. The Morgan fingerprint density at radius 3 is 1.00 bits per heavy atom. The Balaban J connectivity index is 0. The van der Waals surface area contributed by atoms with E-state index in [0.717, 1.165) is 12.8 Å². The summed E-state index contributed by atoms with van der Waals surface area (Å²) in [6.07, 6.45) is 1.61. The second-order valence-electron chi connectivity index (χ2n) is 10.6. The van der Waals surface area contributed by atoms with Gasteiger partial charge in [-0.2, -0.15) is 0 Å². The summed E-state index contributed by atoms with van der Waals surface area (Å²) in [4.78, 5) is 39.4. The van der Waals surface area contributed by atoms with Crippen LogP contribution in [0.1, 0.15) is 50.9 Å². The molecule has 0 fully saturated rings. The monoisotopic (exact) mass is 688 g/mol. The molecule has 4 aromatic rings. The first-order valence-corrected chi connectivity index (χ1v) is 16.0. The number of hydrogen-bond acceptors (Lipinski definition) is 7. The molecule has 2 amide bonds. The van der Waals surface area contributed by atoms with Crippen molar-refractivity contribution in [3.05, 3.63) is 142 Å². The highest BCUT2D eigenvalue weighted by molar-refractivity contribution is 5.93. The number of aryl methyl sites for hydroxylation is 4. The van der Waals surface area contributed by atoms with Crippen LogP contribution in [0.4, 0.5) is 0 Å². The Hall–Kier alpha value is -5.32. The Morgan fingerprint density at radius 1 is 0.560 bits per heavy atom. The first-order chi connectivity index (χ1) is 23.9. The van der Waals surface area contributed by atoms with Crippen LogP contribution in [0.15, 0.2) is 97.1 Å². The number of likely N-dealkylation sites (N-methyl/N-ethyl adjacent to an activating group) is 1. The Bertz CT molecular complexity index is 1300. The van der Waals surface area contributed by atoms with Gasteiger partial charge in [-0.05, 0) is 76.9 Å². The van der Waals surface area contributed by atoms with Crippen molar-refractivity contribution in [1.82, 2.24) is 10.6 Å². The summed E-state index contributed by atoms with van der Waals surface area (Å²) >= 11 is 0. The molecule has 0 aliphatic carbocycles. The summed E-state index contributed by atoms with van der Waals surface area (Å²) in [5.74, 6) is -1.89. The van der Waals surface area contributed by atoms with E-state index < -0.39 is 18.3 Å². The van der Waals surface area contributed by atoms with Crippen molar-refractivity contribution in [2.75, 3.05) is 34.8 Å². The van der Waals surface area contributed by atoms with Crippen molar-refractivity contribution in [3.8, 4) is 0 Å². The fourth-order valence-electron chi connectivity index (χ4n) is 3.70. The van der Waals surface area contributed by atoms with Gasteiger partial charge in [-0.1, -0.05) is 119 Å². The van der Waals surface area contributed by atoms with E-state index in [9.17, 15) is 19.2 Å². The number of carbonyl (C=O) groups excluding carboxylic acids is 3. The van der Waals surface area contributed by atoms with Gasteiger partial charge < -0.3 is 31.9 Å². The first kappa shape index (κ1) is 46.8. The fraction of sp³-hybridized carbons (Fsp3) is 0.300. The lowest BCUT2D eigenvalue weighted by atomic mass is 10.0. The van der Waals surface area contributed by atoms with E-state index in [2.05, 4.69) is 152 Å². The summed E-state index contributed by atoms with van der Waals surface area (Å²) in [6.45, 7) is 8.52. The molecule has 0 radical (unpaired) electrons. The van der Waals surface area contributed by atoms with E-state index in [0.29, 0.717) is 0 Å². The third kappa shape index (κ3) is 24.8. The second kappa shape index (κ2) is 29.8. The predicted molar refractivity (Wildman–Crippen MR) is 203 cm³/mol. The molecule has 0 unspecified atom stereocenters. The maximum Gasteiger partial charge on any atom is 0.312 e. The van der Waals surface area contributed by atoms with Gasteiger partial charge in [0.05, 0.1) is 0 Å². The number of rotatable bonds is 9. The molecule has 4 rings (SSSR count). The molecule has 0 aromatic heterocycles. The van der Waals surface area contributed by atoms with Gasteiger partial charge >= 0.3 is 5.97 Å². The number of carboxylic acids is 1. The van der Waals surface area contributed by atoms with Crippen LogP contribution in [-0.2, 0) is 36.8 Å². The number of hydrogen-bond donors (Lipinski definition) is 5. The highest BCUT2D eigenvalue weighted by Crippen LogP contribution is 2.12. The zero-order valence-electron chi connectivity index (χ0n) is 30.8. The van der Waals surface area contributed by atoms with Crippen LogP contribution in [0, 0.1) is 27.7 Å². The number of benzene rings is 4. The topological polar surface area (TPSA) is 174 Å². The summed E-state index contributed by atoms with van der Waals surface area (Å²) in [7, 11) is 5.86. The van der Waals surface area contributed by atoms with Crippen LogP contribution < -0.4 is 22.1 Å². The van der Waals surface area contributed by atoms with Crippen LogP contribution >= 0.6 is 0 Å². The van der Waals surface area contributed by atoms with Gasteiger partial charge in [0.2, 0.25) is 5.91 Å². The molecule has 0 spiro atoms. The van der Waals surface area contributed by atoms with E-state index >= 15 is 0 Å². The number of nitrogens with one attached hydrogen (secondary N) is 2. The van der Waals surface area contributed by atoms with E-state index in [1.54, 1.807) is 0 Å². The largest absolute Gasteiger partial charge is 0.481 e. The maximum absolute atomic E-state index is 10.2. The molecule has 50 heavy (non-hydrogen) atoms. The number of carbonyl (C=O) groups is 4. The Kier molecular flexibility index (Phi) is 27.9. The van der Waals surface area contributed by atoms with Crippen molar-refractivity contribution >= 4 is 24.3 Å². The summed E-state index contributed by atoms with van der Waals surface area (Å²) < 4.78 is 4.09. The number of amides is 2. The van der Waals surface area contributed by atoms with Gasteiger partial charge in [0.15, 0.2) is 6.61 Å². The summed E-state index contributed by atoms with van der Waals surface area (Å²) in [5, 5.41) is 12.4. The molecule has 0 saturated carbocycles. The van der Waals surface area contributed by atoms with Gasteiger partial charge in [0.25, 0.3) is 12.4 Å². The van der Waals surface area contributed by atoms with Gasteiger partial charge in [0.1, 0.15) is 6.42 Å². The van der Waals surface area contributed by atoms with E-state index in [1.807, 2.05) is 0 Å². The summed E-state index contributed by atoms with van der Waals surface area (Å²) in [6, 6.07) is 35.0. The third-order valence-electron chi connectivity index (χ3n) is 6.45. The lowest BCUT2D eigenvalue weighted by Crippen LogP contribution is -2.22. The highest BCUT2D eigenvalue weighted by Gasteiger charge is 2.02. The van der Waals surface area contributed by atoms with Crippen LogP contribution in [0.3, 0.4) is 0 Å². The molecule has 0 heterocycles. The molecule has 10 heteroatoms. The van der Waals surface area contributed by atoms with Crippen molar-refractivity contribution in [2.45, 2.75) is 47.0 Å². The molecular formula is C40H56N4O6. The van der Waals surface area contributed by atoms with E-state index in [-0.39, 0.29) is 19.0 Å². The number of carboxylic acid groups (broad SMARTS) is 1. The molecule has 7 N–H and O–H groups in total. The number of ether oxygens (including phenoxy) is 1. The smallest absolute Gasteiger partial charge is 0.312 e. The minimum absolute atomic E-state index is 0.194.